The molecule has 1 aromatic heterocycles. The van der Waals surface area contributed by atoms with E-state index in [2.05, 4.69) is 46.4 Å². The van der Waals surface area contributed by atoms with Gasteiger partial charge in [-0.05, 0) is 24.3 Å². The first kappa shape index (κ1) is 13.1. The van der Waals surface area contributed by atoms with Crippen LogP contribution in [0.5, 0.6) is 0 Å². The first-order valence-electron chi connectivity index (χ1n) is 5.78. The third-order valence-electron chi connectivity index (χ3n) is 2.89. The fourth-order valence-electron chi connectivity index (χ4n) is 2.01. The average molecular weight is 414 g/mol. The minimum absolute atomic E-state index is 0. The molecule has 18 heavy (non-hydrogen) atoms. The second-order valence-corrected chi connectivity index (χ2v) is 4.03. The molecule has 0 spiro atoms. The van der Waals surface area contributed by atoms with E-state index >= 15 is 0 Å². The van der Waals surface area contributed by atoms with Crippen LogP contribution in [0.2, 0.25) is 0 Å². The van der Waals surface area contributed by atoms with Gasteiger partial charge in [0, 0.05) is 45.1 Å². The summed E-state index contributed by atoms with van der Waals surface area (Å²) in [4.78, 5) is 8.78. The van der Waals surface area contributed by atoms with E-state index in [4.69, 9.17) is 0 Å². The van der Waals surface area contributed by atoms with Crippen LogP contribution in [-0.4, -0.2) is 25.6 Å². The second kappa shape index (κ2) is 6.03. The van der Waals surface area contributed by atoms with Gasteiger partial charge in [-0.1, -0.05) is 24.3 Å². The maximum atomic E-state index is 4.36. The number of nitrogens with zero attached hydrogens (tertiary/aromatic N) is 3. The molecule has 5 heteroatoms. The zero-order chi connectivity index (χ0) is 11.5. The Hall–Kier alpha value is -1.32. The predicted molar refractivity (Wildman–Crippen MR) is 71.1 cm³/mol. The van der Waals surface area contributed by atoms with E-state index < -0.39 is 0 Å². The van der Waals surface area contributed by atoms with Gasteiger partial charge in [-0.2, -0.15) is 0 Å². The molecule has 0 bridgehead atoms. The van der Waals surface area contributed by atoms with Crippen molar-refractivity contribution in [1.82, 2.24) is 4.98 Å². The largest absolute Gasteiger partial charge is 0.397 e. The number of rotatable bonds is 2. The molecule has 2 radical (unpaired) electrons. The molecule has 92 valence electrons. The Morgan fingerprint density at radius 3 is 2.33 bits per heavy atom. The summed E-state index contributed by atoms with van der Waals surface area (Å²) >= 11 is 0. The Kier molecular flexibility index (Phi) is 4.40. The van der Waals surface area contributed by atoms with Crippen molar-refractivity contribution in [1.29, 1.82) is 0 Å². The van der Waals surface area contributed by atoms with Gasteiger partial charge in [0.25, 0.3) is 0 Å². The molecular formula is C13H13BIrN3. The van der Waals surface area contributed by atoms with E-state index in [-0.39, 0.29) is 20.1 Å². The van der Waals surface area contributed by atoms with Crippen molar-refractivity contribution >= 4 is 19.1 Å². The summed E-state index contributed by atoms with van der Waals surface area (Å²) in [6, 6.07) is 16.4. The summed E-state index contributed by atoms with van der Waals surface area (Å²) in [6.45, 7) is 1.98. The third kappa shape index (κ3) is 2.74. The molecule has 0 aliphatic carbocycles. The SMILES string of the molecule is [B]1N(c2ccccc2)CCN1c1ccccn1.[Ir]. The molecule has 1 aromatic carbocycles. The van der Waals surface area contributed by atoms with Crippen molar-refractivity contribution in [2.24, 2.45) is 0 Å². The van der Waals surface area contributed by atoms with Gasteiger partial charge in [0.2, 0.25) is 0 Å². The zero-order valence-corrected chi connectivity index (χ0v) is 12.3. The van der Waals surface area contributed by atoms with Crippen LogP contribution >= 0.6 is 0 Å². The Balaban J connectivity index is 0.00000120. The van der Waals surface area contributed by atoms with Crippen LogP contribution in [0.25, 0.3) is 0 Å². The van der Waals surface area contributed by atoms with Crippen molar-refractivity contribution in [3.8, 4) is 0 Å². The summed E-state index contributed by atoms with van der Waals surface area (Å²) < 4.78 is 0. The standard InChI is InChI=1S/C13H13BN3.Ir/c1-2-6-12(7-3-1)16-10-11-17(14-16)13-8-4-5-9-15-13;/h1-9H,10-11H2;. The Labute approximate surface area is 121 Å². The molecule has 0 saturated carbocycles. The topological polar surface area (TPSA) is 19.4 Å². The third-order valence-corrected chi connectivity index (χ3v) is 2.89. The van der Waals surface area contributed by atoms with Crippen LogP contribution in [0, 0.1) is 0 Å². The predicted octanol–water partition coefficient (Wildman–Crippen LogP) is 1.94. The van der Waals surface area contributed by atoms with Crippen LogP contribution in [0.15, 0.2) is 54.7 Å². The van der Waals surface area contributed by atoms with E-state index in [1.54, 1.807) is 0 Å². The molecule has 3 nitrogen and oxygen atoms in total. The maximum absolute atomic E-state index is 4.36. The quantitative estimate of drug-likeness (QED) is 0.701. The molecule has 1 saturated heterocycles. The summed E-state index contributed by atoms with van der Waals surface area (Å²) in [5, 5.41) is 0. The monoisotopic (exact) mass is 415 g/mol. The molecule has 1 fully saturated rings. The van der Waals surface area contributed by atoms with Gasteiger partial charge in [-0.25, -0.2) is 4.98 Å². The van der Waals surface area contributed by atoms with Gasteiger partial charge in [0.15, 0.2) is 0 Å². The molecule has 2 heterocycles. The Bertz CT molecular complexity index is 435. The van der Waals surface area contributed by atoms with Crippen molar-refractivity contribution < 1.29 is 20.1 Å². The molecule has 0 atom stereocenters. The summed E-state index contributed by atoms with van der Waals surface area (Å²) in [6.07, 6.45) is 1.83. The van der Waals surface area contributed by atoms with Crippen LogP contribution in [0.3, 0.4) is 0 Å². The van der Waals surface area contributed by atoms with Gasteiger partial charge in [0.1, 0.15) is 5.82 Å². The van der Waals surface area contributed by atoms with Crippen molar-refractivity contribution in [2.75, 3.05) is 22.7 Å². The fraction of sp³-hybridized carbons (Fsp3) is 0.154. The number of anilines is 2. The van der Waals surface area contributed by atoms with E-state index in [1.165, 1.54) is 5.69 Å². The molecule has 0 unspecified atom stereocenters. The van der Waals surface area contributed by atoms with E-state index in [9.17, 15) is 0 Å². The Morgan fingerprint density at radius 1 is 0.889 bits per heavy atom. The van der Waals surface area contributed by atoms with Crippen LogP contribution in [0.1, 0.15) is 0 Å². The van der Waals surface area contributed by atoms with Gasteiger partial charge >= 0.3 is 7.55 Å². The molecule has 3 rings (SSSR count). The maximum Gasteiger partial charge on any atom is 0.392 e. The number of para-hydroxylation sites is 1. The molecule has 2 aromatic rings. The summed E-state index contributed by atoms with van der Waals surface area (Å²) in [5.41, 5.74) is 1.23. The zero-order valence-electron chi connectivity index (χ0n) is 9.86. The van der Waals surface area contributed by atoms with E-state index in [1.807, 2.05) is 30.5 Å². The van der Waals surface area contributed by atoms with E-state index in [0.29, 0.717) is 0 Å². The van der Waals surface area contributed by atoms with Crippen LogP contribution < -0.4 is 9.62 Å². The smallest absolute Gasteiger partial charge is 0.392 e. The number of hydrogen-bond donors (Lipinski definition) is 0. The Morgan fingerprint density at radius 2 is 1.61 bits per heavy atom. The fourth-order valence-corrected chi connectivity index (χ4v) is 2.01. The molecule has 0 amide bonds. The summed E-state index contributed by atoms with van der Waals surface area (Å²) in [5.74, 6) is 1.01. The van der Waals surface area contributed by atoms with Crippen molar-refractivity contribution in [3.63, 3.8) is 0 Å². The van der Waals surface area contributed by atoms with Crippen molar-refractivity contribution in [3.05, 3.63) is 54.7 Å². The molecule has 0 N–H and O–H groups in total. The minimum Gasteiger partial charge on any atom is -0.397 e. The number of hydrogen-bond acceptors (Lipinski definition) is 3. The number of benzene rings is 1. The van der Waals surface area contributed by atoms with Gasteiger partial charge in [-0.15, -0.1) is 0 Å². The van der Waals surface area contributed by atoms with Gasteiger partial charge in [0.05, 0.1) is 0 Å². The first-order valence-corrected chi connectivity index (χ1v) is 5.78. The van der Waals surface area contributed by atoms with Gasteiger partial charge in [-0.3, -0.25) is 0 Å². The first-order chi connectivity index (χ1) is 8.43. The van der Waals surface area contributed by atoms with Crippen molar-refractivity contribution in [2.45, 2.75) is 0 Å². The molecule has 1 aliphatic heterocycles. The normalized spacial score (nSPS) is 14.0. The van der Waals surface area contributed by atoms with Gasteiger partial charge < -0.3 is 9.62 Å². The van der Waals surface area contributed by atoms with Crippen LogP contribution in [-0.2, 0) is 20.1 Å². The second-order valence-electron chi connectivity index (χ2n) is 4.03. The van der Waals surface area contributed by atoms with Crippen LogP contribution in [0.4, 0.5) is 11.5 Å². The summed E-state index contributed by atoms with van der Waals surface area (Å²) in [7, 11) is 2.12. The molecular weight excluding hydrogens is 401 g/mol. The molecule has 1 aliphatic rings. The number of aromatic nitrogens is 1. The average Bonchev–Trinajstić information content (AvgIpc) is 2.90. The van der Waals surface area contributed by atoms with E-state index in [0.717, 1.165) is 18.9 Å². The minimum atomic E-state index is 0. The number of pyridine rings is 1.